The van der Waals surface area contributed by atoms with E-state index in [1.54, 1.807) is 0 Å². The fraction of sp³-hybridized carbons (Fsp3) is 0.571. The highest BCUT2D eigenvalue weighted by Gasteiger charge is 2.25. The number of aliphatic hydroxyl groups excluding tert-OH is 2. The Kier molecular flexibility index (Phi) is 5.12. The van der Waals surface area contributed by atoms with Gasteiger partial charge in [0, 0.05) is 6.54 Å². The Bertz CT molecular complexity index is 351. The summed E-state index contributed by atoms with van der Waals surface area (Å²) in [5.74, 6) is 0. The molecular formula is C14H23NO2. The quantitative estimate of drug-likeness (QED) is 0.703. The second-order valence-corrected chi connectivity index (χ2v) is 4.66. The molecule has 0 atom stereocenters. The lowest BCUT2D eigenvalue weighted by Gasteiger charge is -2.30. The summed E-state index contributed by atoms with van der Waals surface area (Å²) in [4.78, 5) is 0. The molecule has 0 fully saturated rings. The molecule has 17 heavy (non-hydrogen) atoms. The Labute approximate surface area is 103 Å². The first-order valence-corrected chi connectivity index (χ1v) is 6.10. The normalized spacial score (nSPS) is 11.8. The molecule has 3 nitrogen and oxygen atoms in total. The first-order chi connectivity index (χ1) is 8.08. The van der Waals surface area contributed by atoms with E-state index in [0.717, 1.165) is 0 Å². The van der Waals surface area contributed by atoms with E-state index in [1.807, 2.05) is 13.0 Å². The van der Waals surface area contributed by atoms with Crippen LogP contribution in [0, 0.1) is 13.8 Å². The summed E-state index contributed by atoms with van der Waals surface area (Å²) >= 11 is 0. The van der Waals surface area contributed by atoms with Crippen molar-refractivity contribution in [1.82, 2.24) is 5.32 Å². The van der Waals surface area contributed by atoms with E-state index in [4.69, 9.17) is 0 Å². The number of hydrogen-bond acceptors (Lipinski definition) is 3. The van der Waals surface area contributed by atoms with E-state index in [-0.39, 0.29) is 13.2 Å². The van der Waals surface area contributed by atoms with Crippen LogP contribution in [0.2, 0.25) is 0 Å². The summed E-state index contributed by atoms with van der Waals surface area (Å²) in [5.41, 5.74) is 3.17. The third kappa shape index (κ3) is 3.28. The Morgan fingerprint density at radius 3 is 2.35 bits per heavy atom. The predicted octanol–water partition coefficient (Wildman–Crippen LogP) is 1.53. The Morgan fingerprint density at radius 2 is 1.82 bits per heavy atom. The van der Waals surface area contributed by atoms with Crippen molar-refractivity contribution in [2.24, 2.45) is 0 Å². The number of rotatable bonds is 6. The molecular weight excluding hydrogens is 214 g/mol. The molecule has 1 aromatic rings. The van der Waals surface area contributed by atoms with E-state index in [1.165, 1.54) is 16.7 Å². The van der Waals surface area contributed by atoms with Crippen molar-refractivity contribution in [3.63, 3.8) is 0 Å². The van der Waals surface area contributed by atoms with Crippen molar-refractivity contribution in [3.05, 3.63) is 34.9 Å². The molecule has 0 saturated heterocycles. The van der Waals surface area contributed by atoms with Crippen molar-refractivity contribution < 1.29 is 10.2 Å². The van der Waals surface area contributed by atoms with Crippen molar-refractivity contribution >= 4 is 0 Å². The smallest absolute Gasteiger partial charge is 0.0648 e. The largest absolute Gasteiger partial charge is 0.394 e. The average Bonchev–Trinajstić information content (AvgIpc) is 2.36. The van der Waals surface area contributed by atoms with Gasteiger partial charge in [0.15, 0.2) is 0 Å². The Balaban J connectivity index is 2.75. The zero-order valence-electron chi connectivity index (χ0n) is 11.0. The molecule has 1 rings (SSSR count). The minimum atomic E-state index is -0.573. The van der Waals surface area contributed by atoms with Gasteiger partial charge in [-0.15, -0.1) is 0 Å². The first-order valence-electron chi connectivity index (χ1n) is 6.10. The number of nitrogens with one attached hydrogen (secondary N) is 1. The minimum absolute atomic E-state index is 0.0507. The van der Waals surface area contributed by atoms with Gasteiger partial charge < -0.3 is 15.5 Å². The second kappa shape index (κ2) is 6.15. The summed E-state index contributed by atoms with van der Waals surface area (Å²) in [5, 5.41) is 22.0. The maximum Gasteiger partial charge on any atom is 0.0648 e. The molecule has 0 radical (unpaired) electrons. The van der Waals surface area contributed by atoms with Crippen LogP contribution in [0.25, 0.3) is 0 Å². The molecule has 0 heterocycles. The average molecular weight is 237 g/mol. The Hall–Kier alpha value is -0.900. The topological polar surface area (TPSA) is 52.5 Å². The van der Waals surface area contributed by atoms with Gasteiger partial charge in [0.1, 0.15) is 0 Å². The van der Waals surface area contributed by atoms with Crippen molar-refractivity contribution in [2.75, 3.05) is 13.2 Å². The van der Waals surface area contributed by atoms with Gasteiger partial charge in [0.05, 0.1) is 18.8 Å². The van der Waals surface area contributed by atoms with E-state index in [2.05, 4.69) is 31.3 Å². The third-order valence-corrected chi connectivity index (χ3v) is 3.65. The lowest BCUT2D eigenvalue weighted by Crippen LogP contribution is -2.50. The molecule has 0 aromatic heterocycles. The zero-order chi connectivity index (χ0) is 12.9. The highest BCUT2D eigenvalue weighted by Crippen LogP contribution is 2.15. The predicted molar refractivity (Wildman–Crippen MR) is 69.9 cm³/mol. The monoisotopic (exact) mass is 237 g/mol. The van der Waals surface area contributed by atoms with Gasteiger partial charge in [0.25, 0.3) is 0 Å². The first kappa shape index (κ1) is 14.2. The van der Waals surface area contributed by atoms with E-state index in [9.17, 15) is 10.2 Å². The molecule has 0 amide bonds. The van der Waals surface area contributed by atoms with Crippen LogP contribution in [0.4, 0.5) is 0 Å². The maximum absolute atomic E-state index is 9.36. The molecule has 0 bridgehead atoms. The molecule has 0 saturated carbocycles. The SMILES string of the molecule is CCC(CO)(CO)NCc1cccc(C)c1C. The molecule has 3 heteroatoms. The summed E-state index contributed by atoms with van der Waals surface area (Å²) in [6.07, 6.45) is 0.699. The molecule has 0 spiro atoms. The summed E-state index contributed by atoms with van der Waals surface area (Å²) in [7, 11) is 0. The van der Waals surface area contributed by atoms with Gasteiger partial charge in [-0.05, 0) is 37.0 Å². The van der Waals surface area contributed by atoms with Gasteiger partial charge in [-0.25, -0.2) is 0 Å². The van der Waals surface area contributed by atoms with E-state index in [0.29, 0.717) is 13.0 Å². The van der Waals surface area contributed by atoms with Crippen molar-refractivity contribution in [3.8, 4) is 0 Å². The maximum atomic E-state index is 9.36. The van der Waals surface area contributed by atoms with Crippen LogP contribution in [0.15, 0.2) is 18.2 Å². The molecule has 3 N–H and O–H groups in total. The Morgan fingerprint density at radius 1 is 1.18 bits per heavy atom. The van der Waals surface area contributed by atoms with Gasteiger partial charge >= 0.3 is 0 Å². The molecule has 0 unspecified atom stereocenters. The highest BCUT2D eigenvalue weighted by atomic mass is 16.3. The minimum Gasteiger partial charge on any atom is -0.394 e. The number of aliphatic hydroxyl groups is 2. The standard InChI is InChI=1S/C14H23NO2/c1-4-14(9-16,10-17)15-8-13-7-5-6-11(2)12(13)3/h5-7,15-17H,4,8-10H2,1-3H3. The van der Waals surface area contributed by atoms with Crippen LogP contribution in [0.3, 0.4) is 0 Å². The number of hydrogen-bond donors (Lipinski definition) is 3. The zero-order valence-corrected chi connectivity index (χ0v) is 11.0. The van der Waals surface area contributed by atoms with Crippen LogP contribution in [-0.4, -0.2) is 29.0 Å². The fourth-order valence-corrected chi connectivity index (χ4v) is 1.80. The third-order valence-electron chi connectivity index (χ3n) is 3.65. The molecule has 96 valence electrons. The number of benzene rings is 1. The van der Waals surface area contributed by atoms with Crippen molar-refractivity contribution in [1.29, 1.82) is 0 Å². The summed E-state index contributed by atoms with van der Waals surface area (Å²) in [6, 6.07) is 6.19. The lowest BCUT2D eigenvalue weighted by molar-refractivity contribution is 0.0863. The second-order valence-electron chi connectivity index (χ2n) is 4.66. The van der Waals surface area contributed by atoms with E-state index < -0.39 is 5.54 Å². The van der Waals surface area contributed by atoms with Gasteiger partial charge in [-0.3, -0.25) is 0 Å². The molecule has 0 aliphatic rings. The number of aryl methyl sites for hydroxylation is 1. The lowest BCUT2D eigenvalue weighted by atomic mass is 9.97. The van der Waals surface area contributed by atoms with Crippen LogP contribution in [0.5, 0.6) is 0 Å². The van der Waals surface area contributed by atoms with Crippen LogP contribution in [-0.2, 0) is 6.54 Å². The van der Waals surface area contributed by atoms with Gasteiger partial charge in [0.2, 0.25) is 0 Å². The molecule has 1 aromatic carbocycles. The van der Waals surface area contributed by atoms with Crippen molar-refractivity contribution in [2.45, 2.75) is 39.3 Å². The fourth-order valence-electron chi connectivity index (χ4n) is 1.80. The summed E-state index contributed by atoms with van der Waals surface area (Å²) in [6.45, 7) is 6.71. The van der Waals surface area contributed by atoms with Crippen LogP contribution < -0.4 is 5.32 Å². The van der Waals surface area contributed by atoms with Gasteiger partial charge in [-0.1, -0.05) is 25.1 Å². The summed E-state index contributed by atoms with van der Waals surface area (Å²) < 4.78 is 0. The van der Waals surface area contributed by atoms with E-state index >= 15 is 0 Å². The van der Waals surface area contributed by atoms with Gasteiger partial charge in [-0.2, -0.15) is 0 Å². The molecule has 0 aliphatic carbocycles. The van der Waals surface area contributed by atoms with Crippen LogP contribution in [0.1, 0.15) is 30.0 Å². The van der Waals surface area contributed by atoms with Crippen LogP contribution >= 0.6 is 0 Å². The molecule has 0 aliphatic heterocycles. The highest BCUT2D eigenvalue weighted by molar-refractivity contribution is 5.33.